The second-order valence-corrected chi connectivity index (χ2v) is 10.2. The zero-order valence-corrected chi connectivity index (χ0v) is 20.7. The molecule has 1 aromatic carbocycles. The summed E-state index contributed by atoms with van der Waals surface area (Å²) in [5.74, 6) is -8.31. The molecule has 2 aliphatic rings. The number of nitrogens with one attached hydrogen (secondary N) is 2. The molecule has 3 aromatic rings. The van der Waals surface area contributed by atoms with E-state index in [2.05, 4.69) is 25.5 Å². The third kappa shape index (κ3) is 5.50. The number of aromatic nitrogens is 4. The van der Waals surface area contributed by atoms with Crippen LogP contribution in [0.2, 0.25) is 0 Å². The summed E-state index contributed by atoms with van der Waals surface area (Å²) in [7, 11) is 0. The second-order valence-electron chi connectivity index (χ2n) is 10.2. The topological polar surface area (TPSA) is 86.8 Å². The van der Waals surface area contributed by atoms with Gasteiger partial charge in [-0.2, -0.15) is 0 Å². The molecule has 0 radical (unpaired) electrons. The summed E-state index contributed by atoms with van der Waals surface area (Å²) in [5.41, 5.74) is -0.383. The van der Waals surface area contributed by atoms with E-state index >= 15 is 4.39 Å². The van der Waals surface area contributed by atoms with Crippen LogP contribution in [0.4, 0.5) is 36.6 Å². The minimum absolute atomic E-state index is 0.0176. The van der Waals surface area contributed by atoms with Crippen molar-refractivity contribution >= 4 is 22.8 Å². The molecule has 2 unspecified atom stereocenters. The van der Waals surface area contributed by atoms with Crippen LogP contribution in [0, 0.1) is 11.7 Å². The van der Waals surface area contributed by atoms with E-state index in [0.717, 1.165) is 11.0 Å². The number of imidazole rings is 1. The second kappa shape index (κ2) is 9.94. The zero-order valence-electron chi connectivity index (χ0n) is 20.7. The first-order valence-corrected chi connectivity index (χ1v) is 12.4. The Morgan fingerprint density at radius 2 is 1.74 bits per heavy atom. The summed E-state index contributed by atoms with van der Waals surface area (Å²) in [6.07, 6.45) is -3.31. The van der Waals surface area contributed by atoms with E-state index in [0.29, 0.717) is 0 Å². The Balaban J connectivity index is 1.44. The summed E-state index contributed by atoms with van der Waals surface area (Å²) in [5, 5.41) is 10.3. The number of rotatable bonds is 7. The molecule has 2 N–H and O–H groups in total. The first-order valence-electron chi connectivity index (χ1n) is 12.4. The van der Waals surface area contributed by atoms with Crippen molar-refractivity contribution in [2.24, 2.45) is 5.92 Å². The van der Waals surface area contributed by atoms with Crippen molar-refractivity contribution in [2.45, 2.75) is 62.8 Å². The number of hydrogen-bond acceptors (Lipinski definition) is 5. The van der Waals surface area contributed by atoms with Crippen LogP contribution >= 0.6 is 0 Å². The van der Waals surface area contributed by atoms with E-state index in [9.17, 15) is 31.1 Å². The minimum Gasteiger partial charge on any atom is -0.358 e. The Morgan fingerprint density at radius 3 is 2.33 bits per heavy atom. The van der Waals surface area contributed by atoms with Gasteiger partial charge in [0.2, 0.25) is 11.8 Å². The number of halogens is 7. The first kappa shape index (κ1) is 27.1. The number of aromatic amines is 1. The van der Waals surface area contributed by atoms with Gasteiger partial charge in [0.25, 0.3) is 12.3 Å². The molecule has 5 rings (SSSR count). The van der Waals surface area contributed by atoms with Gasteiger partial charge in [0.1, 0.15) is 22.9 Å². The summed E-state index contributed by atoms with van der Waals surface area (Å²) in [6, 6.07) is 4.49. The molecule has 210 valence electrons. The maximum Gasteiger partial charge on any atom is 0.282 e. The number of anilines is 1. The number of benzene rings is 1. The molecule has 3 heterocycles. The van der Waals surface area contributed by atoms with Gasteiger partial charge in [-0.1, -0.05) is 6.07 Å². The molecule has 2 fully saturated rings. The van der Waals surface area contributed by atoms with Crippen LogP contribution in [0.1, 0.15) is 68.1 Å². The molecule has 7 nitrogen and oxygen atoms in total. The Bertz CT molecular complexity index is 1340. The van der Waals surface area contributed by atoms with Crippen LogP contribution in [0.25, 0.3) is 11.0 Å². The van der Waals surface area contributed by atoms with Crippen molar-refractivity contribution in [1.82, 2.24) is 25.1 Å². The van der Waals surface area contributed by atoms with Gasteiger partial charge >= 0.3 is 0 Å². The monoisotopic (exact) mass is 558 g/mol. The molecule has 1 saturated heterocycles. The fourth-order valence-corrected chi connectivity index (χ4v) is 5.13. The largest absolute Gasteiger partial charge is 0.358 e. The van der Waals surface area contributed by atoms with Gasteiger partial charge in [0, 0.05) is 18.4 Å². The van der Waals surface area contributed by atoms with E-state index < -0.39 is 60.7 Å². The summed E-state index contributed by atoms with van der Waals surface area (Å²) in [4.78, 5) is 20.9. The third-order valence-corrected chi connectivity index (χ3v) is 7.37. The van der Waals surface area contributed by atoms with Crippen molar-refractivity contribution < 1.29 is 35.5 Å². The van der Waals surface area contributed by atoms with Crippen LogP contribution in [0.15, 0.2) is 24.3 Å². The normalized spacial score (nSPS) is 20.6. The van der Waals surface area contributed by atoms with Crippen LogP contribution in [-0.4, -0.2) is 55.9 Å². The number of alkyl halides is 6. The van der Waals surface area contributed by atoms with E-state index in [1.807, 2.05) is 0 Å². The standard InChI is InChI=1S/C25H25F7N6O/c1-12(23(39)38-10-25(31,32)11-38)14-2-3-15-20(18(14)26)35-22(33-15)19(13-6-8-24(29,30)9-7-13)34-17-5-4-16(21(27)28)36-37-17/h2-5,12-13,19,21H,6-11H2,1H3,(H,33,35)(H,34,37). The third-order valence-electron chi connectivity index (χ3n) is 7.37. The molecule has 1 aliphatic heterocycles. The number of fused-ring (bicyclic) bond motifs is 1. The maximum absolute atomic E-state index is 15.6. The van der Waals surface area contributed by atoms with Crippen molar-refractivity contribution in [3.05, 3.63) is 47.2 Å². The number of hydrogen-bond donors (Lipinski definition) is 2. The number of carbonyl (C=O) groups excluding carboxylic acids is 1. The lowest BCUT2D eigenvalue weighted by Crippen LogP contribution is -2.59. The van der Waals surface area contributed by atoms with E-state index in [4.69, 9.17) is 0 Å². The molecular weight excluding hydrogens is 533 g/mol. The quantitative estimate of drug-likeness (QED) is 0.348. The van der Waals surface area contributed by atoms with Gasteiger partial charge in [-0.15, -0.1) is 10.2 Å². The van der Waals surface area contributed by atoms with Crippen molar-refractivity contribution in [1.29, 1.82) is 0 Å². The van der Waals surface area contributed by atoms with Gasteiger partial charge in [-0.3, -0.25) is 4.79 Å². The lowest BCUT2D eigenvalue weighted by molar-refractivity contribution is -0.166. The van der Waals surface area contributed by atoms with Crippen LogP contribution in [0.5, 0.6) is 0 Å². The summed E-state index contributed by atoms with van der Waals surface area (Å²) < 4.78 is 95.5. The fraction of sp³-hybridized carbons (Fsp3) is 0.520. The highest BCUT2D eigenvalue weighted by molar-refractivity contribution is 5.86. The van der Waals surface area contributed by atoms with Gasteiger partial charge in [-0.25, -0.2) is 35.7 Å². The predicted octanol–water partition coefficient (Wildman–Crippen LogP) is 5.99. The van der Waals surface area contributed by atoms with E-state index in [1.165, 1.54) is 25.1 Å². The predicted molar refractivity (Wildman–Crippen MR) is 126 cm³/mol. The number of carbonyl (C=O) groups is 1. The fourth-order valence-electron chi connectivity index (χ4n) is 5.13. The molecule has 39 heavy (non-hydrogen) atoms. The van der Waals surface area contributed by atoms with Gasteiger partial charge < -0.3 is 15.2 Å². The molecule has 0 spiro atoms. The number of nitrogens with zero attached hydrogens (tertiary/aromatic N) is 4. The van der Waals surface area contributed by atoms with Crippen LogP contribution in [-0.2, 0) is 4.79 Å². The summed E-state index contributed by atoms with van der Waals surface area (Å²) >= 11 is 0. The average molecular weight is 559 g/mol. The molecule has 0 bridgehead atoms. The molecule has 14 heteroatoms. The molecule has 1 aliphatic carbocycles. The Hall–Kier alpha value is -3.45. The molecule has 2 atom stereocenters. The highest BCUT2D eigenvalue weighted by Crippen LogP contribution is 2.42. The van der Waals surface area contributed by atoms with Crippen LogP contribution in [0.3, 0.4) is 0 Å². The number of H-pyrrole nitrogens is 1. The Morgan fingerprint density at radius 1 is 1.05 bits per heavy atom. The lowest BCUT2D eigenvalue weighted by atomic mass is 9.81. The Labute approximate surface area is 218 Å². The Kier molecular flexibility index (Phi) is 6.91. The van der Waals surface area contributed by atoms with Gasteiger partial charge in [0.05, 0.1) is 30.6 Å². The SMILES string of the molecule is CC(C(=O)N1CC(F)(F)C1)c1ccc2[nH]c(C(Nc3ccc(C(F)F)nn3)C3CCC(F)(F)CC3)nc2c1F. The number of amides is 1. The maximum atomic E-state index is 15.6. The molecular formula is C25H25F7N6O. The van der Waals surface area contributed by atoms with E-state index in [-0.39, 0.29) is 59.8 Å². The zero-order chi connectivity index (χ0) is 28.1. The molecule has 1 saturated carbocycles. The lowest BCUT2D eigenvalue weighted by Gasteiger charge is -2.40. The average Bonchev–Trinajstić information content (AvgIpc) is 3.31. The summed E-state index contributed by atoms with van der Waals surface area (Å²) in [6.45, 7) is -0.0198. The first-order chi connectivity index (χ1) is 18.3. The smallest absolute Gasteiger partial charge is 0.282 e. The van der Waals surface area contributed by atoms with Crippen molar-refractivity contribution in [3.8, 4) is 0 Å². The highest BCUT2D eigenvalue weighted by Gasteiger charge is 2.47. The van der Waals surface area contributed by atoms with Gasteiger partial charge in [-0.05, 0) is 43.9 Å². The van der Waals surface area contributed by atoms with E-state index in [1.54, 1.807) is 0 Å². The highest BCUT2D eigenvalue weighted by atomic mass is 19.3. The van der Waals surface area contributed by atoms with Gasteiger partial charge in [0.15, 0.2) is 5.82 Å². The van der Waals surface area contributed by atoms with Crippen molar-refractivity contribution in [2.75, 3.05) is 18.4 Å². The molecule has 1 amide bonds. The van der Waals surface area contributed by atoms with Crippen molar-refractivity contribution in [3.63, 3.8) is 0 Å². The minimum atomic E-state index is -2.95. The van der Waals surface area contributed by atoms with Crippen LogP contribution < -0.4 is 5.32 Å². The molecule has 2 aromatic heterocycles. The number of likely N-dealkylation sites (tertiary alicyclic amines) is 1.